The highest BCUT2D eigenvalue weighted by molar-refractivity contribution is 9.10. The minimum Gasteiger partial charge on any atom is -0.207 e. The van der Waals surface area contributed by atoms with Gasteiger partial charge in [0.2, 0.25) is 0 Å². The van der Waals surface area contributed by atoms with Crippen LogP contribution in [-0.2, 0) is 12.8 Å². The Morgan fingerprint density at radius 2 is 1.71 bits per heavy atom. The molecule has 0 nitrogen and oxygen atoms in total. The van der Waals surface area contributed by atoms with Crippen LogP contribution in [0.25, 0.3) is 0 Å². The summed E-state index contributed by atoms with van der Waals surface area (Å²) in [4.78, 5) is 0. The van der Waals surface area contributed by atoms with Crippen LogP contribution in [0.4, 0.5) is 8.78 Å². The van der Waals surface area contributed by atoms with Crippen molar-refractivity contribution in [1.29, 1.82) is 0 Å². The highest BCUT2D eigenvalue weighted by Crippen LogP contribution is 2.25. The van der Waals surface area contributed by atoms with Gasteiger partial charge >= 0.3 is 0 Å². The summed E-state index contributed by atoms with van der Waals surface area (Å²) in [6.45, 7) is 2.02. The molecular weight excluding hydrogens is 358 g/mol. The van der Waals surface area contributed by atoms with Gasteiger partial charge in [0.15, 0.2) is 0 Å². The standard InChI is InChI=1S/C17H16BrClF2/c1-11-2-4-12(5-3-11)8-13(10-19)9-14-16(20)7-6-15(18)17(14)21/h2-7,13H,8-10H2,1H3. The van der Waals surface area contributed by atoms with Gasteiger partial charge in [-0.15, -0.1) is 11.6 Å². The number of rotatable bonds is 5. The summed E-state index contributed by atoms with van der Waals surface area (Å²) in [5, 5.41) is 0. The molecule has 0 saturated heterocycles. The van der Waals surface area contributed by atoms with E-state index in [9.17, 15) is 8.78 Å². The maximum absolute atomic E-state index is 14.0. The highest BCUT2D eigenvalue weighted by atomic mass is 79.9. The molecule has 0 radical (unpaired) electrons. The second-order valence-corrected chi connectivity index (χ2v) is 6.40. The van der Waals surface area contributed by atoms with Gasteiger partial charge in [0.25, 0.3) is 0 Å². The van der Waals surface area contributed by atoms with Crippen molar-refractivity contribution in [3.63, 3.8) is 0 Å². The summed E-state index contributed by atoms with van der Waals surface area (Å²) in [5.74, 6) is -0.698. The maximum atomic E-state index is 14.0. The molecule has 0 saturated carbocycles. The molecule has 0 aliphatic carbocycles. The number of halogens is 4. The van der Waals surface area contributed by atoms with Gasteiger partial charge in [-0.1, -0.05) is 29.8 Å². The molecule has 0 heterocycles. The first-order chi connectivity index (χ1) is 10.0. The zero-order chi connectivity index (χ0) is 15.4. The molecule has 0 spiro atoms. The van der Waals surface area contributed by atoms with Crippen LogP contribution in [0.3, 0.4) is 0 Å². The molecule has 2 aromatic carbocycles. The molecule has 0 fully saturated rings. The minimum absolute atomic E-state index is 0.00678. The summed E-state index contributed by atoms with van der Waals surface area (Å²) in [5.41, 5.74) is 2.41. The fourth-order valence-corrected chi connectivity index (χ4v) is 2.87. The van der Waals surface area contributed by atoms with Crippen molar-refractivity contribution in [2.75, 3.05) is 5.88 Å². The summed E-state index contributed by atoms with van der Waals surface area (Å²) in [6, 6.07) is 10.8. The predicted octanol–water partition coefficient (Wildman–Crippen LogP) is 5.68. The van der Waals surface area contributed by atoms with Crippen LogP contribution in [0.1, 0.15) is 16.7 Å². The minimum atomic E-state index is -0.533. The van der Waals surface area contributed by atoms with E-state index in [0.29, 0.717) is 12.3 Å². The van der Waals surface area contributed by atoms with E-state index in [2.05, 4.69) is 15.9 Å². The first kappa shape index (κ1) is 16.4. The zero-order valence-corrected chi connectivity index (χ0v) is 14.0. The lowest BCUT2D eigenvalue weighted by Gasteiger charge is -2.16. The fraction of sp³-hybridized carbons (Fsp3) is 0.294. The normalized spacial score (nSPS) is 12.4. The molecule has 0 aromatic heterocycles. The monoisotopic (exact) mass is 372 g/mol. The lowest BCUT2D eigenvalue weighted by Crippen LogP contribution is -2.13. The van der Waals surface area contributed by atoms with E-state index in [-0.39, 0.29) is 22.4 Å². The lowest BCUT2D eigenvalue weighted by atomic mass is 9.93. The van der Waals surface area contributed by atoms with Gasteiger partial charge in [0, 0.05) is 11.4 Å². The number of benzene rings is 2. The summed E-state index contributed by atoms with van der Waals surface area (Å²) in [7, 11) is 0. The van der Waals surface area contributed by atoms with Crippen LogP contribution in [0, 0.1) is 24.5 Å². The van der Waals surface area contributed by atoms with Crippen LogP contribution < -0.4 is 0 Å². The zero-order valence-electron chi connectivity index (χ0n) is 11.7. The van der Waals surface area contributed by atoms with E-state index >= 15 is 0 Å². The molecule has 1 atom stereocenters. The summed E-state index contributed by atoms with van der Waals surface area (Å²) in [6.07, 6.45) is 0.990. The van der Waals surface area contributed by atoms with E-state index in [0.717, 1.165) is 5.56 Å². The van der Waals surface area contributed by atoms with Gasteiger partial charge in [0.05, 0.1) is 4.47 Å². The third-order valence-electron chi connectivity index (χ3n) is 3.49. The molecule has 112 valence electrons. The molecule has 2 aromatic rings. The van der Waals surface area contributed by atoms with E-state index in [1.165, 1.54) is 17.7 Å². The Balaban J connectivity index is 2.16. The molecule has 0 bridgehead atoms. The average molecular weight is 374 g/mol. The Kier molecular flexibility index (Phi) is 5.77. The third-order valence-corrected chi connectivity index (χ3v) is 4.54. The topological polar surface area (TPSA) is 0 Å². The molecule has 0 amide bonds. The first-order valence-electron chi connectivity index (χ1n) is 6.75. The van der Waals surface area contributed by atoms with Gasteiger partial charge in [-0.05, 0) is 59.3 Å². The van der Waals surface area contributed by atoms with E-state index < -0.39 is 11.6 Å². The molecule has 1 unspecified atom stereocenters. The molecule has 21 heavy (non-hydrogen) atoms. The Morgan fingerprint density at radius 1 is 1.05 bits per heavy atom. The van der Waals surface area contributed by atoms with Crippen LogP contribution in [0.15, 0.2) is 40.9 Å². The largest absolute Gasteiger partial charge is 0.207 e. The molecule has 2 rings (SSSR count). The highest BCUT2D eigenvalue weighted by Gasteiger charge is 2.18. The maximum Gasteiger partial charge on any atom is 0.143 e. The molecular formula is C17H16BrClF2. The Bertz CT molecular complexity index is 611. The van der Waals surface area contributed by atoms with Crippen molar-refractivity contribution >= 4 is 27.5 Å². The predicted molar refractivity (Wildman–Crippen MR) is 86.9 cm³/mol. The number of hydrogen-bond acceptors (Lipinski definition) is 0. The molecule has 0 aliphatic heterocycles. The number of hydrogen-bond donors (Lipinski definition) is 0. The Labute approximate surface area is 137 Å². The van der Waals surface area contributed by atoms with E-state index in [1.807, 2.05) is 31.2 Å². The van der Waals surface area contributed by atoms with E-state index in [1.54, 1.807) is 0 Å². The van der Waals surface area contributed by atoms with E-state index in [4.69, 9.17) is 11.6 Å². The van der Waals surface area contributed by atoms with Crippen LogP contribution in [0.5, 0.6) is 0 Å². The average Bonchev–Trinajstić information content (AvgIpc) is 2.48. The van der Waals surface area contributed by atoms with Gasteiger partial charge in [-0.3, -0.25) is 0 Å². The summed E-state index contributed by atoms with van der Waals surface area (Å²) >= 11 is 9.08. The first-order valence-corrected chi connectivity index (χ1v) is 8.08. The lowest BCUT2D eigenvalue weighted by molar-refractivity contribution is 0.505. The van der Waals surface area contributed by atoms with Gasteiger partial charge in [-0.25, -0.2) is 8.78 Å². The van der Waals surface area contributed by atoms with Crippen molar-refractivity contribution in [1.82, 2.24) is 0 Å². The number of alkyl halides is 1. The van der Waals surface area contributed by atoms with Crippen molar-refractivity contribution in [3.05, 3.63) is 69.2 Å². The van der Waals surface area contributed by atoms with Crippen LogP contribution >= 0.6 is 27.5 Å². The quantitative estimate of drug-likeness (QED) is 0.467. The van der Waals surface area contributed by atoms with Crippen molar-refractivity contribution in [3.8, 4) is 0 Å². The number of aryl methyl sites for hydroxylation is 1. The van der Waals surface area contributed by atoms with Crippen LogP contribution in [0.2, 0.25) is 0 Å². The summed E-state index contributed by atoms with van der Waals surface area (Å²) < 4.78 is 28.1. The molecule has 0 aliphatic rings. The van der Waals surface area contributed by atoms with Gasteiger partial charge in [0.1, 0.15) is 11.6 Å². The molecule has 4 heteroatoms. The third kappa shape index (κ3) is 4.27. The van der Waals surface area contributed by atoms with Crippen LogP contribution in [-0.4, -0.2) is 5.88 Å². The SMILES string of the molecule is Cc1ccc(CC(CCl)Cc2c(F)ccc(Br)c2F)cc1. The fourth-order valence-electron chi connectivity index (χ4n) is 2.28. The van der Waals surface area contributed by atoms with Gasteiger partial charge < -0.3 is 0 Å². The van der Waals surface area contributed by atoms with Gasteiger partial charge in [-0.2, -0.15) is 0 Å². The molecule has 0 N–H and O–H groups in total. The Morgan fingerprint density at radius 3 is 2.33 bits per heavy atom. The Hall–Kier alpha value is -0.930. The van der Waals surface area contributed by atoms with Crippen molar-refractivity contribution in [2.45, 2.75) is 19.8 Å². The second kappa shape index (κ2) is 7.37. The second-order valence-electron chi connectivity index (χ2n) is 5.24. The van der Waals surface area contributed by atoms with Crippen molar-refractivity contribution < 1.29 is 8.78 Å². The smallest absolute Gasteiger partial charge is 0.143 e. The van der Waals surface area contributed by atoms with Crippen molar-refractivity contribution in [2.24, 2.45) is 5.92 Å².